The molecule has 2 fully saturated rings. The van der Waals surface area contributed by atoms with E-state index in [1.54, 1.807) is 9.47 Å². The lowest BCUT2D eigenvalue weighted by atomic mass is 9.88. The second-order valence-electron chi connectivity index (χ2n) is 7.93. The van der Waals surface area contributed by atoms with E-state index in [0.29, 0.717) is 18.8 Å². The van der Waals surface area contributed by atoms with Crippen molar-refractivity contribution in [2.75, 3.05) is 31.6 Å². The normalized spacial score (nSPS) is 21.4. The average Bonchev–Trinajstić information content (AvgIpc) is 3.53. The number of carboxylic acids is 1. The fraction of sp³-hybridized carbons (Fsp3) is 0.450. The van der Waals surface area contributed by atoms with Crippen molar-refractivity contribution in [3.8, 4) is 0 Å². The van der Waals surface area contributed by atoms with Gasteiger partial charge in [-0.15, -0.1) is 0 Å². The molecule has 32 heavy (non-hydrogen) atoms. The maximum absolute atomic E-state index is 15.0. The Morgan fingerprint density at radius 3 is 2.69 bits per heavy atom. The Kier molecular flexibility index (Phi) is 6.44. The van der Waals surface area contributed by atoms with Crippen molar-refractivity contribution in [1.29, 1.82) is 0 Å². The highest BCUT2D eigenvalue weighted by molar-refractivity contribution is 5.97. The Bertz CT molecular complexity index is 1150. The van der Waals surface area contributed by atoms with E-state index in [1.165, 1.54) is 13.3 Å². The number of anilines is 1. The van der Waals surface area contributed by atoms with Crippen LogP contribution in [0.25, 0.3) is 11.0 Å². The zero-order chi connectivity index (χ0) is 23.6. The summed E-state index contributed by atoms with van der Waals surface area (Å²) in [6.45, 7) is 2.65. The third-order valence-corrected chi connectivity index (χ3v) is 5.64. The summed E-state index contributed by atoms with van der Waals surface area (Å²) >= 11 is 0. The summed E-state index contributed by atoms with van der Waals surface area (Å²) in [6.07, 6.45) is 3.02. The number of oxime groups is 1. The standard InChI is InChI=1S/C19H22FN5O4.CH2O2/c1-19(8-21)9-24(7-14(19)23-29-2)17-13(20)5-11-15(26)12(18(27)28)6-25(10-3-4-10)16(11)22-17;2-1-3/h5-6,10H,3-4,7-9,21H2,1-2H3,(H,27,28);1H,(H,2,3). The van der Waals surface area contributed by atoms with E-state index < -0.39 is 22.6 Å². The molecule has 1 aliphatic heterocycles. The van der Waals surface area contributed by atoms with E-state index in [2.05, 4.69) is 10.1 Å². The minimum Gasteiger partial charge on any atom is -0.483 e. The van der Waals surface area contributed by atoms with Crippen LogP contribution in [0.4, 0.5) is 10.2 Å². The van der Waals surface area contributed by atoms with Crippen LogP contribution in [0, 0.1) is 11.2 Å². The number of hydrogen-bond donors (Lipinski definition) is 3. The zero-order valence-corrected chi connectivity index (χ0v) is 17.6. The molecule has 12 heteroatoms. The number of nitrogens with zero attached hydrogens (tertiary/aromatic N) is 4. The largest absolute Gasteiger partial charge is 0.483 e. The van der Waals surface area contributed by atoms with Crippen molar-refractivity contribution in [3.63, 3.8) is 0 Å². The molecule has 2 aliphatic rings. The molecule has 2 aromatic heterocycles. The van der Waals surface area contributed by atoms with Crippen molar-refractivity contribution in [2.24, 2.45) is 16.3 Å². The van der Waals surface area contributed by atoms with E-state index in [0.717, 1.165) is 18.9 Å². The summed E-state index contributed by atoms with van der Waals surface area (Å²) in [4.78, 5) is 43.5. The molecule has 1 saturated heterocycles. The Morgan fingerprint density at radius 2 is 2.16 bits per heavy atom. The van der Waals surface area contributed by atoms with Crippen molar-refractivity contribution in [2.45, 2.75) is 25.8 Å². The van der Waals surface area contributed by atoms with Crippen molar-refractivity contribution >= 4 is 35.0 Å². The minimum absolute atomic E-state index is 0.0374. The quantitative estimate of drug-likeness (QED) is 0.448. The lowest BCUT2D eigenvalue weighted by Crippen LogP contribution is -2.36. The summed E-state index contributed by atoms with van der Waals surface area (Å²) < 4.78 is 16.7. The highest BCUT2D eigenvalue weighted by atomic mass is 19.1. The summed E-state index contributed by atoms with van der Waals surface area (Å²) in [5.41, 5.74) is 5.26. The lowest BCUT2D eigenvalue weighted by molar-refractivity contribution is -0.122. The van der Waals surface area contributed by atoms with E-state index in [1.807, 2.05) is 6.92 Å². The summed E-state index contributed by atoms with van der Waals surface area (Å²) in [6, 6.07) is 1.14. The molecule has 3 heterocycles. The molecule has 11 nitrogen and oxygen atoms in total. The molecule has 0 bridgehead atoms. The first-order valence-electron chi connectivity index (χ1n) is 9.82. The molecule has 4 rings (SSSR count). The molecular weight excluding hydrogens is 425 g/mol. The Balaban J connectivity index is 0.000000913. The van der Waals surface area contributed by atoms with Gasteiger partial charge in [0.25, 0.3) is 6.47 Å². The van der Waals surface area contributed by atoms with Gasteiger partial charge in [0.05, 0.1) is 17.6 Å². The van der Waals surface area contributed by atoms with Gasteiger partial charge >= 0.3 is 5.97 Å². The first-order chi connectivity index (χ1) is 15.2. The van der Waals surface area contributed by atoms with Gasteiger partial charge in [0.1, 0.15) is 18.3 Å². The van der Waals surface area contributed by atoms with Gasteiger partial charge < -0.3 is 30.3 Å². The topological polar surface area (TPSA) is 160 Å². The van der Waals surface area contributed by atoms with Crippen LogP contribution in [0.15, 0.2) is 22.2 Å². The Morgan fingerprint density at radius 1 is 1.50 bits per heavy atom. The molecule has 1 atom stereocenters. The van der Waals surface area contributed by atoms with Gasteiger partial charge in [0.15, 0.2) is 11.6 Å². The van der Waals surface area contributed by atoms with Gasteiger partial charge in [-0.2, -0.15) is 0 Å². The van der Waals surface area contributed by atoms with Crippen molar-refractivity contribution < 1.29 is 29.0 Å². The maximum Gasteiger partial charge on any atom is 0.341 e. The number of pyridine rings is 2. The summed E-state index contributed by atoms with van der Waals surface area (Å²) in [5.74, 6) is -1.96. The van der Waals surface area contributed by atoms with Crippen LogP contribution in [0.1, 0.15) is 36.2 Å². The molecule has 1 unspecified atom stereocenters. The monoisotopic (exact) mass is 449 g/mol. The fourth-order valence-electron chi connectivity index (χ4n) is 3.76. The number of carbonyl (C=O) groups is 2. The number of halogens is 1. The summed E-state index contributed by atoms with van der Waals surface area (Å²) in [5, 5.41) is 20.2. The van der Waals surface area contributed by atoms with Crippen LogP contribution in [0.3, 0.4) is 0 Å². The van der Waals surface area contributed by atoms with Crippen LogP contribution in [-0.4, -0.2) is 64.7 Å². The molecule has 0 spiro atoms. The number of aromatic carboxylic acids is 1. The summed E-state index contributed by atoms with van der Waals surface area (Å²) in [7, 11) is 1.44. The molecule has 1 aliphatic carbocycles. The van der Waals surface area contributed by atoms with Crippen LogP contribution < -0.4 is 16.1 Å². The van der Waals surface area contributed by atoms with E-state index in [9.17, 15) is 19.1 Å². The van der Waals surface area contributed by atoms with Crippen LogP contribution >= 0.6 is 0 Å². The van der Waals surface area contributed by atoms with Gasteiger partial charge in [0, 0.05) is 30.7 Å². The van der Waals surface area contributed by atoms with E-state index >= 15 is 0 Å². The second-order valence-corrected chi connectivity index (χ2v) is 7.93. The van der Waals surface area contributed by atoms with Crippen LogP contribution in [0.5, 0.6) is 0 Å². The smallest absolute Gasteiger partial charge is 0.341 e. The molecule has 4 N–H and O–H groups in total. The van der Waals surface area contributed by atoms with E-state index in [-0.39, 0.29) is 41.5 Å². The number of rotatable bonds is 5. The number of aromatic nitrogens is 2. The molecule has 0 aromatic carbocycles. The van der Waals surface area contributed by atoms with Crippen molar-refractivity contribution in [3.05, 3.63) is 33.9 Å². The van der Waals surface area contributed by atoms with Gasteiger partial charge in [-0.25, -0.2) is 14.2 Å². The van der Waals surface area contributed by atoms with E-state index in [4.69, 9.17) is 20.5 Å². The Hall–Kier alpha value is -3.54. The van der Waals surface area contributed by atoms with Gasteiger partial charge in [-0.1, -0.05) is 12.1 Å². The fourth-order valence-corrected chi connectivity index (χ4v) is 3.76. The molecule has 0 radical (unpaired) electrons. The van der Waals surface area contributed by atoms with Crippen molar-refractivity contribution in [1.82, 2.24) is 9.55 Å². The molecule has 0 amide bonds. The lowest BCUT2D eigenvalue weighted by Gasteiger charge is -2.23. The third kappa shape index (κ3) is 4.13. The first kappa shape index (κ1) is 23.1. The molecular formula is C20H24FN5O6. The van der Waals surface area contributed by atoms with Crippen LogP contribution in [0.2, 0.25) is 0 Å². The number of fused-ring (bicyclic) bond motifs is 1. The second kappa shape index (κ2) is 8.91. The predicted molar refractivity (Wildman–Crippen MR) is 114 cm³/mol. The average molecular weight is 449 g/mol. The van der Waals surface area contributed by atoms with Gasteiger partial charge in [-0.05, 0) is 18.9 Å². The molecule has 2 aromatic rings. The molecule has 1 saturated carbocycles. The maximum atomic E-state index is 15.0. The highest BCUT2D eigenvalue weighted by Crippen LogP contribution is 2.38. The highest BCUT2D eigenvalue weighted by Gasteiger charge is 2.41. The minimum atomic E-state index is -1.34. The Labute approximate surface area is 181 Å². The SMILES string of the molecule is CON=C1CN(c2nc3c(cc2F)c(=O)c(C(=O)O)cn3C2CC2)CC1(C)CN.O=CO. The predicted octanol–water partition coefficient (Wildman–Crippen LogP) is 1.06. The van der Waals surface area contributed by atoms with Gasteiger partial charge in [-0.3, -0.25) is 9.59 Å². The number of nitrogens with two attached hydrogens (primary N) is 1. The van der Waals surface area contributed by atoms with Gasteiger partial charge in [0.2, 0.25) is 5.43 Å². The number of hydrogen-bond acceptors (Lipinski definition) is 8. The van der Waals surface area contributed by atoms with Crippen LogP contribution in [-0.2, 0) is 9.63 Å². The third-order valence-electron chi connectivity index (χ3n) is 5.64. The first-order valence-corrected chi connectivity index (χ1v) is 9.82. The molecule has 172 valence electrons. The zero-order valence-electron chi connectivity index (χ0n) is 17.6. The number of carboxylic acid groups (broad SMARTS) is 2.